The zero-order valence-corrected chi connectivity index (χ0v) is 10.9. The van der Waals surface area contributed by atoms with Crippen LogP contribution in [0.2, 0.25) is 0 Å². The molecule has 1 saturated carbocycles. The maximum Gasteiger partial charge on any atom is 0.353 e. The Morgan fingerprint density at radius 2 is 2.10 bits per heavy atom. The van der Waals surface area contributed by atoms with Crippen molar-refractivity contribution in [3.05, 3.63) is 16.4 Å². The predicted octanol–water partition coefficient (Wildman–Crippen LogP) is 0.201. The van der Waals surface area contributed by atoms with Crippen LogP contribution in [0.25, 0.3) is 0 Å². The summed E-state index contributed by atoms with van der Waals surface area (Å²) in [4.78, 5) is 30.9. The van der Waals surface area contributed by atoms with Crippen molar-refractivity contribution in [3.8, 4) is 0 Å². The van der Waals surface area contributed by atoms with Gasteiger partial charge < -0.3 is 16.4 Å². The molecule has 0 bridgehead atoms. The molecule has 0 spiro atoms. The molecule has 1 heterocycles. The fraction of sp³-hybridized carbons (Fsp3) is 0.545. The van der Waals surface area contributed by atoms with Crippen molar-refractivity contribution in [2.75, 3.05) is 17.2 Å². The largest absolute Gasteiger partial charge is 0.378 e. The van der Waals surface area contributed by atoms with E-state index in [0.717, 1.165) is 32.0 Å². The van der Waals surface area contributed by atoms with Gasteiger partial charge in [-0.05, 0) is 12.8 Å². The molecule has 20 heavy (non-hydrogen) atoms. The fourth-order valence-corrected chi connectivity index (χ4v) is 2.53. The molecule has 0 radical (unpaired) electrons. The number of hydrogen-bond acceptors (Lipinski definition) is 7. The summed E-state index contributed by atoms with van der Waals surface area (Å²) in [5.74, 6) is -0.718. The summed E-state index contributed by atoms with van der Waals surface area (Å²) in [5.41, 5.74) is 10.4. The number of anilines is 2. The summed E-state index contributed by atoms with van der Waals surface area (Å²) in [6, 6.07) is 0.00972. The highest BCUT2D eigenvalue weighted by Gasteiger charge is 2.32. The lowest BCUT2D eigenvalue weighted by Crippen LogP contribution is -2.41. The maximum atomic E-state index is 11.2. The van der Waals surface area contributed by atoms with E-state index in [-0.39, 0.29) is 29.9 Å². The molecule has 1 aromatic heterocycles. The van der Waals surface area contributed by atoms with Crippen LogP contribution in [0, 0.1) is 10.1 Å². The quantitative estimate of drug-likeness (QED) is 0.579. The van der Waals surface area contributed by atoms with Crippen LogP contribution in [0.1, 0.15) is 25.7 Å². The minimum Gasteiger partial charge on any atom is -0.378 e. The number of hydrogen-bond donors (Lipinski definition) is 2. The zero-order valence-electron chi connectivity index (χ0n) is 10.9. The highest BCUT2D eigenvalue weighted by Crippen LogP contribution is 2.34. The van der Waals surface area contributed by atoms with Crippen LogP contribution in [0.5, 0.6) is 0 Å². The lowest BCUT2D eigenvalue weighted by atomic mass is 10.2. The first-order chi connectivity index (χ1) is 9.50. The normalized spacial score (nSPS) is 15.2. The molecule has 0 saturated heterocycles. The summed E-state index contributed by atoms with van der Waals surface area (Å²) in [6.07, 6.45) is 4.85. The Bertz CT molecular complexity index is 529. The molecule has 1 amide bonds. The van der Waals surface area contributed by atoms with Gasteiger partial charge in [-0.15, -0.1) is 0 Å². The smallest absolute Gasteiger partial charge is 0.353 e. The number of nitrogens with two attached hydrogens (primary N) is 2. The van der Waals surface area contributed by atoms with Crippen molar-refractivity contribution >= 4 is 23.2 Å². The molecule has 0 atom stereocenters. The van der Waals surface area contributed by atoms with Crippen molar-refractivity contribution in [1.82, 2.24) is 9.97 Å². The number of carbonyl (C=O) groups excluding carboxylic acids is 1. The predicted molar refractivity (Wildman–Crippen MR) is 71.9 cm³/mol. The second-order valence-electron chi connectivity index (χ2n) is 4.72. The molecule has 1 fully saturated rings. The molecular weight excluding hydrogens is 264 g/mol. The van der Waals surface area contributed by atoms with Gasteiger partial charge >= 0.3 is 5.69 Å². The number of nitrogen functional groups attached to an aromatic ring is 1. The summed E-state index contributed by atoms with van der Waals surface area (Å²) in [7, 11) is 0. The lowest BCUT2D eigenvalue weighted by Gasteiger charge is -2.28. The number of primary amides is 1. The Balaban J connectivity index is 2.44. The van der Waals surface area contributed by atoms with E-state index in [1.165, 1.54) is 0 Å². The van der Waals surface area contributed by atoms with Gasteiger partial charge in [-0.1, -0.05) is 12.8 Å². The van der Waals surface area contributed by atoms with Gasteiger partial charge in [0.05, 0.1) is 11.5 Å². The Labute approximate surface area is 115 Å². The number of carbonyl (C=O) groups is 1. The van der Waals surface area contributed by atoms with Crippen molar-refractivity contribution in [1.29, 1.82) is 0 Å². The Hall–Kier alpha value is -2.45. The lowest BCUT2D eigenvalue weighted by molar-refractivity contribution is -0.383. The highest BCUT2D eigenvalue weighted by molar-refractivity contribution is 5.81. The fourth-order valence-electron chi connectivity index (χ4n) is 2.53. The summed E-state index contributed by atoms with van der Waals surface area (Å²) >= 11 is 0. The van der Waals surface area contributed by atoms with E-state index in [1.807, 2.05) is 0 Å². The number of nitro groups is 1. The van der Waals surface area contributed by atoms with E-state index in [2.05, 4.69) is 9.97 Å². The van der Waals surface area contributed by atoms with Gasteiger partial charge in [0.1, 0.15) is 6.33 Å². The van der Waals surface area contributed by atoms with Crippen molar-refractivity contribution in [3.63, 3.8) is 0 Å². The van der Waals surface area contributed by atoms with Crippen LogP contribution in [0.15, 0.2) is 6.33 Å². The van der Waals surface area contributed by atoms with Gasteiger partial charge in [0, 0.05) is 6.04 Å². The topological polar surface area (TPSA) is 141 Å². The van der Waals surface area contributed by atoms with Crippen molar-refractivity contribution in [2.45, 2.75) is 31.7 Å². The standard InChI is InChI=1S/C11H16N6O3/c12-8(18)5-16(7-3-1-2-4-7)11-9(17(19)20)10(13)14-6-15-11/h6-7H,1-5H2,(H2,12,18)(H2,13,14,15). The van der Waals surface area contributed by atoms with Gasteiger partial charge in [0.25, 0.3) is 0 Å². The Kier molecular flexibility index (Phi) is 3.97. The van der Waals surface area contributed by atoms with Crippen LogP contribution in [0.4, 0.5) is 17.3 Å². The number of nitrogens with zero attached hydrogens (tertiary/aromatic N) is 4. The average Bonchev–Trinajstić information content (AvgIpc) is 2.88. The molecule has 0 aliphatic heterocycles. The van der Waals surface area contributed by atoms with E-state index < -0.39 is 10.8 Å². The first kappa shape index (κ1) is 14.0. The van der Waals surface area contributed by atoms with Gasteiger partial charge in [0.2, 0.25) is 17.5 Å². The molecule has 108 valence electrons. The molecule has 9 nitrogen and oxygen atoms in total. The second-order valence-corrected chi connectivity index (χ2v) is 4.72. The Morgan fingerprint density at radius 1 is 1.45 bits per heavy atom. The third-order valence-corrected chi connectivity index (χ3v) is 3.38. The average molecular weight is 280 g/mol. The number of amides is 1. The van der Waals surface area contributed by atoms with Gasteiger partial charge in [0.15, 0.2) is 0 Å². The third-order valence-electron chi connectivity index (χ3n) is 3.38. The molecule has 4 N–H and O–H groups in total. The first-order valence-electron chi connectivity index (χ1n) is 6.30. The van der Waals surface area contributed by atoms with Crippen LogP contribution < -0.4 is 16.4 Å². The Morgan fingerprint density at radius 3 is 2.65 bits per heavy atom. The number of rotatable bonds is 5. The van der Waals surface area contributed by atoms with E-state index >= 15 is 0 Å². The second kappa shape index (κ2) is 5.68. The molecule has 1 aliphatic carbocycles. The van der Waals surface area contributed by atoms with Crippen LogP contribution in [-0.4, -0.2) is 33.4 Å². The first-order valence-corrected chi connectivity index (χ1v) is 6.30. The summed E-state index contributed by atoms with van der Waals surface area (Å²) < 4.78 is 0. The molecule has 1 aromatic rings. The van der Waals surface area contributed by atoms with Gasteiger partial charge in [-0.3, -0.25) is 14.9 Å². The molecule has 0 unspecified atom stereocenters. The summed E-state index contributed by atoms with van der Waals surface area (Å²) in [5, 5.41) is 11.2. The minimum absolute atomic E-state index is 0.00972. The van der Waals surface area contributed by atoms with Gasteiger partial charge in [-0.25, -0.2) is 9.97 Å². The molecule has 2 rings (SSSR count). The van der Waals surface area contributed by atoms with Crippen molar-refractivity contribution < 1.29 is 9.72 Å². The monoisotopic (exact) mass is 280 g/mol. The highest BCUT2D eigenvalue weighted by atomic mass is 16.6. The van der Waals surface area contributed by atoms with E-state index in [4.69, 9.17) is 11.5 Å². The van der Waals surface area contributed by atoms with Gasteiger partial charge in [-0.2, -0.15) is 0 Å². The van der Waals surface area contributed by atoms with Crippen LogP contribution in [-0.2, 0) is 4.79 Å². The summed E-state index contributed by atoms with van der Waals surface area (Å²) in [6.45, 7) is -0.123. The number of aromatic nitrogens is 2. The van der Waals surface area contributed by atoms with Crippen LogP contribution in [0.3, 0.4) is 0 Å². The minimum atomic E-state index is -0.631. The van der Waals surface area contributed by atoms with E-state index in [0.29, 0.717) is 0 Å². The molecule has 0 aromatic carbocycles. The molecule has 9 heteroatoms. The maximum absolute atomic E-state index is 11.2. The van der Waals surface area contributed by atoms with E-state index in [9.17, 15) is 14.9 Å². The molecular formula is C11H16N6O3. The SMILES string of the molecule is NC(=O)CN(c1ncnc(N)c1[N+](=O)[O-])C1CCCC1. The molecule has 1 aliphatic rings. The van der Waals surface area contributed by atoms with Crippen LogP contribution >= 0.6 is 0 Å². The third kappa shape index (κ3) is 2.76. The van der Waals surface area contributed by atoms with E-state index in [1.54, 1.807) is 4.90 Å². The zero-order chi connectivity index (χ0) is 14.7. The van der Waals surface area contributed by atoms with Crippen molar-refractivity contribution in [2.24, 2.45) is 5.73 Å².